The van der Waals surface area contributed by atoms with Gasteiger partial charge in [-0.2, -0.15) is 0 Å². The molecule has 0 aliphatic carbocycles. The predicted octanol–water partition coefficient (Wildman–Crippen LogP) is 4.68. The highest BCUT2D eigenvalue weighted by Gasteiger charge is 2.18. The summed E-state index contributed by atoms with van der Waals surface area (Å²) in [5.74, 6) is 0. The lowest BCUT2D eigenvalue weighted by atomic mass is 10.0. The van der Waals surface area contributed by atoms with E-state index in [-0.39, 0.29) is 18.4 Å². The quantitative estimate of drug-likeness (QED) is 0.828. The summed E-state index contributed by atoms with van der Waals surface area (Å²) in [7, 11) is 0. The van der Waals surface area contributed by atoms with Crippen LogP contribution in [0.5, 0.6) is 0 Å². The highest BCUT2D eigenvalue weighted by atomic mass is 35.5. The van der Waals surface area contributed by atoms with Crippen LogP contribution in [0.3, 0.4) is 0 Å². The molecule has 0 unspecified atom stereocenters. The van der Waals surface area contributed by atoms with E-state index in [1.54, 1.807) is 11.8 Å². The van der Waals surface area contributed by atoms with E-state index in [0.29, 0.717) is 6.42 Å². The molecule has 0 saturated heterocycles. The van der Waals surface area contributed by atoms with Gasteiger partial charge in [-0.15, -0.1) is 12.4 Å². The Kier molecular flexibility index (Phi) is 7.57. The maximum absolute atomic E-state index is 9.96. The summed E-state index contributed by atoms with van der Waals surface area (Å²) in [4.78, 5) is 2.16. The smallest absolute Gasteiger partial charge is 0.0730 e. The van der Waals surface area contributed by atoms with E-state index in [0.717, 1.165) is 20.4 Å². The van der Waals surface area contributed by atoms with Crippen molar-refractivity contribution in [3.8, 4) is 0 Å². The second kappa shape index (κ2) is 8.66. The first kappa shape index (κ1) is 18.3. The zero-order chi connectivity index (χ0) is 14.5. The average Bonchev–Trinajstić information content (AvgIpc) is 2.48. The van der Waals surface area contributed by atoms with Gasteiger partial charge in [0.1, 0.15) is 0 Å². The molecule has 0 spiro atoms. The molecular formula is C16H19Cl2NOS. The summed E-state index contributed by atoms with van der Waals surface area (Å²) in [5.41, 5.74) is 7.12. The first-order chi connectivity index (χ1) is 9.61. The number of halogens is 2. The molecule has 0 radical (unpaired) electrons. The summed E-state index contributed by atoms with van der Waals surface area (Å²) in [6, 6.07) is 15.3. The second-order valence-electron chi connectivity index (χ2n) is 4.60. The van der Waals surface area contributed by atoms with Gasteiger partial charge in [0.25, 0.3) is 0 Å². The van der Waals surface area contributed by atoms with Gasteiger partial charge in [-0.3, -0.25) is 0 Å². The van der Waals surface area contributed by atoms with E-state index in [1.807, 2.05) is 55.5 Å². The summed E-state index contributed by atoms with van der Waals surface area (Å²) in [6.07, 6.45) is 0.114. The number of aliphatic hydroxyl groups excluding tert-OH is 1. The van der Waals surface area contributed by atoms with Crippen molar-refractivity contribution in [2.24, 2.45) is 5.73 Å². The summed E-state index contributed by atoms with van der Waals surface area (Å²) in [5, 5.41) is 10.7. The monoisotopic (exact) mass is 343 g/mol. The standard InChI is InChI=1S/C16H18ClNOS.ClH/c1-2-14(19)16(18)13-5-3-4-6-15(13)20-12-9-7-11(17)8-10-12;/h3-10,14,16,19H,2,18H2,1H3;1H/t14-,16+;/m1./s1. The lowest BCUT2D eigenvalue weighted by molar-refractivity contribution is 0.140. The van der Waals surface area contributed by atoms with Crippen molar-refractivity contribution in [2.75, 3.05) is 0 Å². The Labute approximate surface area is 141 Å². The van der Waals surface area contributed by atoms with Crippen LogP contribution in [0.25, 0.3) is 0 Å². The molecule has 0 saturated carbocycles. The van der Waals surface area contributed by atoms with Gasteiger partial charge in [0.05, 0.1) is 12.1 Å². The number of hydrogen-bond acceptors (Lipinski definition) is 3. The molecule has 0 heterocycles. The molecule has 5 heteroatoms. The third-order valence-corrected chi connectivity index (χ3v) is 4.50. The van der Waals surface area contributed by atoms with Crippen LogP contribution in [-0.4, -0.2) is 11.2 Å². The zero-order valence-corrected chi connectivity index (χ0v) is 14.1. The Bertz CT molecular complexity index is 562. The minimum Gasteiger partial charge on any atom is -0.391 e. The van der Waals surface area contributed by atoms with Gasteiger partial charge in [-0.05, 0) is 42.3 Å². The number of hydrogen-bond donors (Lipinski definition) is 2. The van der Waals surface area contributed by atoms with Crippen molar-refractivity contribution in [3.05, 3.63) is 59.1 Å². The zero-order valence-electron chi connectivity index (χ0n) is 11.7. The van der Waals surface area contributed by atoms with E-state index in [2.05, 4.69) is 0 Å². The topological polar surface area (TPSA) is 46.2 Å². The van der Waals surface area contributed by atoms with Crippen LogP contribution in [0.4, 0.5) is 0 Å². The Balaban J connectivity index is 0.00000220. The summed E-state index contributed by atoms with van der Waals surface area (Å²) < 4.78 is 0. The van der Waals surface area contributed by atoms with Crippen molar-refractivity contribution in [1.29, 1.82) is 0 Å². The maximum atomic E-state index is 9.96. The Morgan fingerprint density at radius 2 is 1.76 bits per heavy atom. The van der Waals surface area contributed by atoms with Crippen LogP contribution in [-0.2, 0) is 0 Å². The van der Waals surface area contributed by atoms with Crippen molar-refractivity contribution >= 4 is 35.8 Å². The maximum Gasteiger partial charge on any atom is 0.0730 e. The largest absolute Gasteiger partial charge is 0.391 e. The van der Waals surface area contributed by atoms with Gasteiger partial charge >= 0.3 is 0 Å². The Hall–Kier alpha value is -0.710. The molecule has 0 fully saturated rings. The Morgan fingerprint density at radius 3 is 2.38 bits per heavy atom. The fourth-order valence-corrected chi connectivity index (χ4v) is 3.06. The molecule has 2 nitrogen and oxygen atoms in total. The van der Waals surface area contributed by atoms with Crippen molar-refractivity contribution in [1.82, 2.24) is 0 Å². The fourth-order valence-electron chi connectivity index (χ4n) is 1.94. The number of nitrogens with two attached hydrogens (primary N) is 1. The van der Waals surface area contributed by atoms with Crippen LogP contribution in [0, 0.1) is 0 Å². The van der Waals surface area contributed by atoms with E-state index in [4.69, 9.17) is 17.3 Å². The lowest BCUT2D eigenvalue weighted by Crippen LogP contribution is -2.25. The van der Waals surface area contributed by atoms with Crippen molar-refractivity contribution < 1.29 is 5.11 Å². The van der Waals surface area contributed by atoms with E-state index >= 15 is 0 Å². The summed E-state index contributed by atoms with van der Waals surface area (Å²) in [6.45, 7) is 1.93. The minimum atomic E-state index is -0.526. The third-order valence-electron chi connectivity index (χ3n) is 3.15. The predicted molar refractivity (Wildman–Crippen MR) is 92.5 cm³/mol. The minimum absolute atomic E-state index is 0. The van der Waals surface area contributed by atoms with E-state index in [1.165, 1.54) is 0 Å². The first-order valence-corrected chi connectivity index (χ1v) is 7.77. The van der Waals surface area contributed by atoms with Crippen LogP contribution in [0.2, 0.25) is 5.02 Å². The highest BCUT2D eigenvalue weighted by molar-refractivity contribution is 7.99. The van der Waals surface area contributed by atoms with Gasteiger partial charge in [0.15, 0.2) is 0 Å². The van der Waals surface area contributed by atoms with Crippen molar-refractivity contribution in [3.63, 3.8) is 0 Å². The average molecular weight is 344 g/mol. The Morgan fingerprint density at radius 1 is 1.14 bits per heavy atom. The van der Waals surface area contributed by atoms with Crippen LogP contribution >= 0.6 is 35.8 Å². The molecule has 2 rings (SSSR count). The van der Waals surface area contributed by atoms with E-state index in [9.17, 15) is 5.11 Å². The van der Waals surface area contributed by atoms with Gasteiger partial charge in [-0.25, -0.2) is 0 Å². The van der Waals surface area contributed by atoms with Gasteiger partial charge in [-0.1, -0.05) is 48.5 Å². The molecule has 0 aliphatic heterocycles. The number of benzene rings is 2. The molecule has 21 heavy (non-hydrogen) atoms. The molecule has 3 N–H and O–H groups in total. The van der Waals surface area contributed by atoms with Crippen LogP contribution in [0.1, 0.15) is 24.9 Å². The van der Waals surface area contributed by atoms with Gasteiger partial charge in [0, 0.05) is 14.8 Å². The van der Waals surface area contributed by atoms with Crippen LogP contribution < -0.4 is 5.73 Å². The second-order valence-corrected chi connectivity index (χ2v) is 6.15. The number of aliphatic hydroxyl groups is 1. The SMILES string of the molecule is CC[C@@H](O)[C@@H](N)c1ccccc1Sc1ccc(Cl)cc1.Cl. The molecule has 2 aromatic rings. The molecular weight excluding hydrogens is 325 g/mol. The van der Waals surface area contributed by atoms with Crippen molar-refractivity contribution in [2.45, 2.75) is 35.3 Å². The van der Waals surface area contributed by atoms with Crippen LogP contribution in [0.15, 0.2) is 58.3 Å². The summed E-state index contributed by atoms with van der Waals surface area (Å²) >= 11 is 7.52. The molecule has 0 aromatic heterocycles. The van der Waals surface area contributed by atoms with Gasteiger partial charge in [0.2, 0.25) is 0 Å². The number of rotatable bonds is 5. The molecule has 2 aromatic carbocycles. The molecule has 2 atom stereocenters. The third kappa shape index (κ3) is 4.90. The molecule has 0 amide bonds. The fraction of sp³-hybridized carbons (Fsp3) is 0.250. The lowest BCUT2D eigenvalue weighted by Gasteiger charge is -2.20. The van der Waals surface area contributed by atoms with Gasteiger partial charge < -0.3 is 10.8 Å². The molecule has 0 bridgehead atoms. The normalized spacial score (nSPS) is 13.3. The molecule has 114 valence electrons. The highest BCUT2D eigenvalue weighted by Crippen LogP contribution is 2.34. The first-order valence-electron chi connectivity index (χ1n) is 6.57. The van der Waals surface area contributed by atoms with E-state index < -0.39 is 6.10 Å². The molecule has 0 aliphatic rings.